The van der Waals surface area contributed by atoms with Crippen LogP contribution in [0.5, 0.6) is 0 Å². The molecule has 0 radical (unpaired) electrons. The van der Waals surface area contributed by atoms with Crippen molar-refractivity contribution in [3.05, 3.63) is 107 Å². The summed E-state index contributed by atoms with van der Waals surface area (Å²) in [6.45, 7) is 17.5. The van der Waals surface area contributed by atoms with Gasteiger partial charge in [0.05, 0.1) is 30.8 Å². The molecule has 5 aliphatic carbocycles. The summed E-state index contributed by atoms with van der Waals surface area (Å²) in [6, 6.07) is 19.1. The minimum atomic E-state index is -1.22. The fourth-order valence-corrected chi connectivity index (χ4v) is 14.2. The molecule has 6 aliphatic rings. The number of nitrogens with one attached hydrogen (secondary N) is 1. The number of aliphatic hydroxyl groups excluding tert-OH is 2. The lowest BCUT2D eigenvalue weighted by Crippen LogP contribution is -2.65. The van der Waals surface area contributed by atoms with E-state index in [9.17, 15) is 19.8 Å². The number of carbonyl (C=O) groups excluding carboxylic acids is 2. The van der Waals surface area contributed by atoms with Crippen LogP contribution in [0.15, 0.2) is 90.0 Å². The van der Waals surface area contributed by atoms with Crippen LogP contribution in [0.4, 0.5) is 0 Å². The van der Waals surface area contributed by atoms with E-state index >= 15 is 0 Å². The second-order valence-electron chi connectivity index (χ2n) is 22.5. The Morgan fingerprint density at radius 3 is 2.25 bits per heavy atom. The van der Waals surface area contributed by atoms with Gasteiger partial charge in [0, 0.05) is 0 Å². The minimum Gasteiger partial charge on any atom is -0.485 e. The van der Waals surface area contributed by atoms with Gasteiger partial charge < -0.3 is 29.7 Å². The van der Waals surface area contributed by atoms with Gasteiger partial charge in [-0.15, -0.1) is 5.10 Å². The van der Waals surface area contributed by atoms with Crippen molar-refractivity contribution in [1.29, 1.82) is 0 Å². The number of ether oxygens (including phenoxy) is 3. The Kier molecular flexibility index (Phi) is 11.5. The van der Waals surface area contributed by atoms with Crippen LogP contribution in [0.2, 0.25) is 0 Å². The number of esters is 1. The Labute approximate surface area is 379 Å². The highest BCUT2D eigenvalue weighted by Crippen LogP contribution is 2.75. The van der Waals surface area contributed by atoms with Crippen LogP contribution in [-0.2, 0) is 50.1 Å². The summed E-state index contributed by atoms with van der Waals surface area (Å²) in [4.78, 5) is 28.0. The second-order valence-corrected chi connectivity index (χ2v) is 22.5. The van der Waals surface area contributed by atoms with Gasteiger partial charge in [0.25, 0.3) is 0 Å². The molecular weight excluding hydrogens is 805 g/mol. The van der Waals surface area contributed by atoms with E-state index in [1.165, 1.54) is 10.3 Å². The monoisotopic (exact) mass is 875 g/mol. The van der Waals surface area contributed by atoms with Crippen LogP contribution < -0.4 is 5.32 Å². The number of hydrogen-bond donors (Lipinski definition) is 3. The summed E-state index contributed by atoms with van der Waals surface area (Å²) in [5.41, 5.74) is 3.69. The number of rotatable bonds is 12. The Morgan fingerprint density at radius 2 is 1.55 bits per heavy atom. The number of cyclic esters (lactones) is 1. The molecule has 1 aliphatic heterocycles. The van der Waals surface area contributed by atoms with Crippen LogP contribution >= 0.6 is 0 Å². The predicted molar refractivity (Wildman–Crippen MR) is 242 cm³/mol. The lowest BCUT2D eigenvalue weighted by Gasteiger charge is -2.71. The SMILES string of the molecule is CC1(C)CC[C@]2(C(=O)NCc3cn(C[C@H](O)[C@H]4OC(=O)C(OCc5ccccc5)=C4OCc4ccccc4)nn3)CC[C@]3(C)C(=CC[C@@H]4[C@@]5(C)CC[C@H](O)C(C)(C)[C@@H]5CC[C@]43C)[C@@H]2C1. The topological polar surface area (TPSA) is 145 Å². The second kappa shape index (κ2) is 16.4. The molecule has 64 heavy (non-hydrogen) atoms. The average molecular weight is 875 g/mol. The Morgan fingerprint density at radius 1 is 0.875 bits per heavy atom. The quantitative estimate of drug-likeness (QED) is 0.120. The third-order valence-corrected chi connectivity index (χ3v) is 18.2. The first-order valence-corrected chi connectivity index (χ1v) is 23.9. The van der Waals surface area contributed by atoms with E-state index in [0.717, 1.165) is 75.3 Å². The molecule has 1 aromatic heterocycles. The molecule has 2 aromatic carbocycles. The van der Waals surface area contributed by atoms with E-state index in [-0.39, 0.29) is 82.8 Å². The highest BCUT2D eigenvalue weighted by atomic mass is 16.6. The molecule has 0 unspecified atom stereocenters. The molecule has 11 heteroatoms. The van der Waals surface area contributed by atoms with E-state index in [4.69, 9.17) is 14.2 Å². The zero-order chi connectivity index (χ0) is 45.3. The van der Waals surface area contributed by atoms with Crippen molar-refractivity contribution in [3.8, 4) is 0 Å². The zero-order valence-electron chi connectivity index (χ0n) is 39.1. The van der Waals surface area contributed by atoms with Crippen molar-refractivity contribution in [1.82, 2.24) is 20.3 Å². The number of fused-ring (bicyclic) bond motifs is 7. The van der Waals surface area contributed by atoms with Crippen LogP contribution in [0.1, 0.15) is 129 Å². The number of aliphatic hydroxyl groups is 2. The van der Waals surface area contributed by atoms with Gasteiger partial charge in [0.15, 0.2) is 11.9 Å². The molecule has 344 valence electrons. The smallest absolute Gasteiger partial charge is 0.378 e. The van der Waals surface area contributed by atoms with Gasteiger partial charge in [-0.25, -0.2) is 9.48 Å². The molecule has 3 aromatic rings. The molecule has 3 N–H and O–H groups in total. The van der Waals surface area contributed by atoms with Gasteiger partial charge in [-0.3, -0.25) is 4.79 Å². The summed E-state index contributed by atoms with van der Waals surface area (Å²) in [5, 5.41) is 34.8. The maximum absolute atomic E-state index is 14.8. The number of allylic oxidation sites excluding steroid dienone is 2. The van der Waals surface area contributed by atoms with E-state index in [0.29, 0.717) is 17.5 Å². The third-order valence-electron chi connectivity index (χ3n) is 18.2. The number of carbonyl (C=O) groups is 2. The van der Waals surface area contributed by atoms with E-state index in [2.05, 4.69) is 70.2 Å². The van der Waals surface area contributed by atoms with Crippen LogP contribution in [0.3, 0.4) is 0 Å². The standard InChI is InChI=1S/C53H70N4O7/c1-48(2)24-26-53(27-25-51(6)37(38(53)28-48)18-19-41-50(5)22-21-42(59)49(3,4)40(50)20-23-52(41,51)7)47(61)54-29-36-30-57(56-55-36)31-39(58)43-44(62-32-34-14-10-8-11-15-34)45(46(60)64-43)63-33-35-16-12-9-13-17-35/h8-18,30,38-43,58-59H,19-29,31-33H2,1-7H3,(H,54,61)/t38-,39-,40-,41+,42-,43+,50-,51+,52+,53-/m0/s1. The highest BCUT2D eigenvalue weighted by molar-refractivity contribution is 5.89. The summed E-state index contributed by atoms with van der Waals surface area (Å²) in [5.74, 6) is 0.665. The minimum absolute atomic E-state index is 0.000429. The zero-order valence-corrected chi connectivity index (χ0v) is 39.1. The van der Waals surface area contributed by atoms with Crippen molar-refractivity contribution in [2.75, 3.05) is 0 Å². The van der Waals surface area contributed by atoms with Crippen molar-refractivity contribution in [2.24, 2.45) is 50.2 Å². The van der Waals surface area contributed by atoms with Crippen molar-refractivity contribution < 1.29 is 34.0 Å². The molecule has 0 saturated heterocycles. The molecule has 0 bridgehead atoms. The molecule has 4 saturated carbocycles. The molecule has 9 rings (SSSR count). The molecular formula is C53H70N4O7. The van der Waals surface area contributed by atoms with Crippen molar-refractivity contribution in [3.63, 3.8) is 0 Å². The van der Waals surface area contributed by atoms with Crippen LogP contribution in [0.25, 0.3) is 0 Å². The first-order chi connectivity index (χ1) is 30.4. The summed E-state index contributed by atoms with van der Waals surface area (Å²) >= 11 is 0. The summed E-state index contributed by atoms with van der Waals surface area (Å²) < 4.78 is 19.3. The maximum atomic E-state index is 14.8. The van der Waals surface area contributed by atoms with Gasteiger partial charge in [-0.2, -0.15) is 0 Å². The number of aromatic nitrogens is 3. The largest absolute Gasteiger partial charge is 0.485 e. The van der Waals surface area contributed by atoms with E-state index in [1.807, 2.05) is 60.7 Å². The fraction of sp³-hybridized carbons (Fsp3) is 0.623. The van der Waals surface area contributed by atoms with Gasteiger partial charge in [0.1, 0.15) is 25.0 Å². The average Bonchev–Trinajstić information content (AvgIpc) is 3.85. The fourth-order valence-electron chi connectivity index (χ4n) is 14.2. The number of amides is 1. The summed E-state index contributed by atoms with van der Waals surface area (Å²) in [7, 11) is 0. The normalized spacial score (nSPS) is 35.4. The molecule has 4 fully saturated rings. The van der Waals surface area contributed by atoms with Gasteiger partial charge in [-0.1, -0.05) is 126 Å². The van der Waals surface area contributed by atoms with Crippen LogP contribution in [0, 0.1) is 50.2 Å². The Bertz CT molecular complexity index is 2290. The molecule has 11 nitrogen and oxygen atoms in total. The van der Waals surface area contributed by atoms with E-state index < -0.39 is 23.6 Å². The molecule has 1 amide bonds. The first kappa shape index (κ1) is 44.7. The Balaban J connectivity index is 0.897. The number of hydrogen-bond acceptors (Lipinski definition) is 9. The highest BCUT2D eigenvalue weighted by Gasteiger charge is 2.69. The van der Waals surface area contributed by atoms with Gasteiger partial charge >= 0.3 is 5.97 Å². The number of nitrogens with zero attached hydrogens (tertiary/aromatic N) is 3. The van der Waals surface area contributed by atoms with Crippen LogP contribution in [-0.4, -0.2) is 55.4 Å². The molecule has 0 spiro atoms. The number of benzene rings is 2. The Hall–Kier alpha value is -4.48. The van der Waals surface area contributed by atoms with E-state index in [1.54, 1.807) is 6.20 Å². The maximum Gasteiger partial charge on any atom is 0.378 e. The molecule has 10 atom stereocenters. The summed E-state index contributed by atoms with van der Waals surface area (Å²) in [6.07, 6.45) is 11.7. The van der Waals surface area contributed by atoms with Crippen molar-refractivity contribution in [2.45, 2.75) is 157 Å². The predicted octanol–water partition coefficient (Wildman–Crippen LogP) is 8.99. The van der Waals surface area contributed by atoms with Gasteiger partial charge in [-0.05, 0) is 120 Å². The first-order valence-electron chi connectivity index (χ1n) is 23.9. The lowest BCUT2D eigenvalue weighted by molar-refractivity contribution is -0.203. The van der Waals surface area contributed by atoms with Crippen molar-refractivity contribution >= 4 is 11.9 Å². The lowest BCUT2D eigenvalue weighted by atomic mass is 9.33. The molecule has 2 heterocycles. The third kappa shape index (κ3) is 7.50. The van der Waals surface area contributed by atoms with Gasteiger partial charge in [0.2, 0.25) is 11.7 Å².